The summed E-state index contributed by atoms with van der Waals surface area (Å²) in [5, 5.41) is 11.7. The molecule has 198 valence electrons. The number of amides is 1. The second-order valence-corrected chi connectivity index (χ2v) is 9.42. The second-order valence-electron chi connectivity index (χ2n) is 9.01. The Balaban J connectivity index is 1.46. The van der Waals surface area contributed by atoms with Crippen molar-refractivity contribution < 1.29 is 19.1 Å². The van der Waals surface area contributed by atoms with Gasteiger partial charge in [-0.05, 0) is 52.0 Å². The molecule has 3 N–H and O–H groups in total. The van der Waals surface area contributed by atoms with E-state index in [2.05, 4.69) is 45.6 Å². The molecule has 10 heteroatoms. The minimum absolute atomic E-state index is 0.240. The molecule has 38 heavy (non-hydrogen) atoms. The Morgan fingerprint density at radius 2 is 1.92 bits per heavy atom. The molecular formula is C28H31N5O4S. The van der Waals surface area contributed by atoms with Gasteiger partial charge in [-0.25, -0.2) is 10.2 Å². The zero-order valence-corrected chi connectivity index (χ0v) is 22.6. The predicted molar refractivity (Wildman–Crippen MR) is 151 cm³/mol. The molecule has 1 atom stereocenters. The number of hydrogen-bond acceptors (Lipinski definition) is 6. The number of aromatic nitrogens is 1. The highest BCUT2D eigenvalue weighted by atomic mass is 32.1. The van der Waals surface area contributed by atoms with Crippen molar-refractivity contribution in [1.82, 2.24) is 20.6 Å². The summed E-state index contributed by atoms with van der Waals surface area (Å²) in [7, 11) is 0. The largest absolute Gasteiger partial charge is 0.483 e. The number of para-hydroxylation sites is 2. The molecule has 0 fully saturated rings. The molecule has 3 aromatic rings. The molecule has 0 radical (unpaired) electrons. The standard InChI is InChI=1S/C28H31N5O4S/c1-5-36-27(35)25-18(4)30-28(38)31-26(25)21-11-7-9-13-23(21)37-16-24(34)32-29-14-19-15-33(17(2)3)22-12-8-6-10-20(19)22/h6-15,17,26H,5,16H2,1-4H3,(H,32,34)(H2,30,31,38)/t26-/m1/s1. The molecule has 0 unspecified atom stereocenters. The summed E-state index contributed by atoms with van der Waals surface area (Å²) < 4.78 is 13.3. The molecule has 1 amide bonds. The van der Waals surface area contributed by atoms with Crippen LogP contribution < -0.4 is 20.8 Å². The zero-order valence-electron chi connectivity index (χ0n) is 21.8. The molecule has 0 saturated carbocycles. The Morgan fingerprint density at radius 3 is 2.68 bits per heavy atom. The lowest BCUT2D eigenvalue weighted by Crippen LogP contribution is -2.45. The Hall–Kier alpha value is -4.18. The van der Waals surface area contributed by atoms with Gasteiger partial charge >= 0.3 is 5.97 Å². The Bertz CT molecular complexity index is 1430. The fourth-order valence-electron chi connectivity index (χ4n) is 4.37. The van der Waals surface area contributed by atoms with Gasteiger partial charge in [-0.2, -0.15) is 5.10 Å². The second kappa shape index (κ2) is 11.9. The lowest BCUT2D eigenvalue weighted by Gasteiger charge is -2.30. The number of benzene rings is 2. The van der Waals surface area contributed by atoms with Crippen LogP contribution >= 0.6 is 12.2 Å². The first-order chi connectivity index (χ1) is 18.3. The molecule has 2 heterocycles. The van der Waals surface area contributed by atoms with Crippen molar-refractivity contribution in [3.8, 4) is 5.75 Å². The summed E-state index contributed by atoms with van der Waals surface area (Å²) in [6, 6.07) is 14.9. The number of hydrogen-bond donors (Lipinski definition) is 3. The maximum absolute atomic E-state index is 12.7. The number of fused-ring (bicyclic) bond motifs is 1. The first kappa shape index (κ1) is 26.9. The third-order valence-corrected chi connectivity index (χ3v) is 6.29. The number of allylic oxidation sites excluding steroid dienone is 1. The third kappa shape index (κ3) is 5.86. The van der Waals surface area contributed by atoms with Crippen molar-refractivity contribution >= 4 is 46.3 Å². The molecule has 0 saturated heterocycles. The molecule has 4 rings (SSSR count). The van der Waals surface area contributed by atoms with Crippen LogP contribution in [0.4, 0.5) is 0 Å². The van der Waals surface area contributed by atoms with E-state index >= 15 is 0 Å². The number of nitrogens with zero attached hydrogens (tertiary/aromatic N) is 2. The van der Waals surface area contributed by atoms with Gasteiger partial charge in [-0.3, -0.25) is 4.79 Å². The zero-order chi connectivity index (χ0) is 27.2. The van der Waals surface area contributed by atoms with Gasteiger partial charge < -0.3 is 24.7 Å². The maximum Gasteiger partial charge on any atom is 0.338 e. The normalized spacial score (nSPS) is 15.5. The van der Waals surface area contributed by atoms with Crippen LogP contribution in [0.3, 0.4) is 0 Å². The molecule has 2 aromatic carbocycles. The highest BCUT2D eigenvalue weighted by Gasteiger charge is 2.32. The SMILES string of the molecule is CCOC(=O)C1=C(C)NC(=S)N[C@@H]1c1ccccc1OCC(=O)NN=Cc1cn(C(C)C)c2ccccc12. The third-order valence-electron chi connectivity index (χ3n) is 6.07. The Labute approximate surface area is 226 Å². The molecule has 0 aliphatic carbocycles. The van der Waals surface area contributed by atoms with Crippen molar-refractivity contribution in [2.24, 2.45) is 5.10 Å². The fourth-order valence-corrected chi connectivity index (χ4v) is 4.64. The monoisotopic (exact) mass is 533 g/mol. The average molecular weight is 534 g/mol. The summed E-state index contributed by atoms with van der Waals surface area (Å²) in [6.45, 7) is 7.71. The first-order valence-electron chi connectivity index (χ1n) is 12.4. The minimum Gasteiger partial charge on any atom is -0.483 e. The number of nitrogens with one attached hydrogen (secondary N) is 3. The van der Waals surface area contributed by atoms with E-state index < -0.39 is 17.9 Å². The van der Waals surface area contributed by atoms with E-state index in [9.17, 15) is 9.59 Å². The van der Waals surface area contributed by atoms with Crippen LogP contribution in [0.1, 0.15) is 50.9 Å². The Morgan fingerprint density at radius 1 is 1.18 bits per heavy atom. The summed E-state index contributed by atoms with van der Waals surface area (Å²) in [6.07, 6.45) is 3.65. The van der Waals surface area contributed by atoms with Crippen LogP contribution in [-0.2, 0) is 14.3 Å². The van der Waals surface area contributed by atoms with Crippen LogP contribution in [0.5, 0.6) is 5.75 Å². The van der Waals surface area contributed by atoms with E-state index in [1.165, 1.54) is 0 Å². The molecule has 0 bridgehead atoms. The van der Waals surface area contributed by atoms with Crippen molar-refractivity contribution in [2.45, 2.75) is 39.8 Å². The summed E-state index contributed by atoms with van der Waals surface area (Å²) in [4.78, 5) is 25.3. The number of carbonyl (C=O) groups is 2. The van der Waals surface area contributed by atoms with E-state index in [0.717, 1.165) is 16.5 Å². The molecular weight excluding hydrogens is 502 g/mol. The summed E-state index contributed by atoms with van der Waals surface area (Å²) in [5.74, 6) is -0.448. The van der Waals surface area contributed by atoms with Crippen LogP contribution in [-0.4, -0.2) is 41.0 Å². The fraction of sp³-hybridized carbons (Fsp3) is 0.286. The van der Waals surface area contributed by atoms with Crippen molar-refractivity contribution in [2.75, 3.05) is 13.2 Å². The number of hydrazone groups is 1. The minimum atomic E-state index is -0.599. The maximum atomic E-state index is 12.7. The number of esters is 1. The van der Waals surface area contributed by atoms with Crippen LogP contribution in [0.15, 0.2) is 71.1 Å². The van der Waals surface area contributed by atoms with E-state index in [1.54, 1.807) is 32.2 Å². The smallest absolute Gasteiger partial charge is 0.338 e. The summed E-state index contributed by atoms with van der Waals surface area (Å²) in [5.41, 5.74) is 6.18. The lowest BCUT2D eigenvalue weighted by atomic mass is 9.95. The number of thiocarbonyl (C=S) groups is 1. The quantitative estimate of drug-likeness (QED) is 0.165. The van der Waals surface area contributed by atoms with E-state index in [0.29, 0.717) is 27.7 Å². The van der Waals surface area contributed by atoms with Gasteiger partial charge in [-0.15, -0.1) is 0 Å². The van der Waals surface area contributed by atoms with Gasteiger partial charge in [0.15, 0.2) is 11.7 Å². The van der Waals surface area contributed by atoms with Gasteiger partial charge in [0, 0.05) is 40.0 Å². The van der Waals surface area contributed by atoms with Crippen LogP contribution in [0.2, 0.25) is 0 Å². The lowest BCUT2D eigenvalue weighted by molar-refractivity contribution is -0.139. The van der Waals surface area contributed by atoms with E-state index in [1.807, 2.05) is 36.5 Å². The number of ether oxygens (including phenoxy) is 2. The van der Waals surface area contributed by atoms with Crippen LogP contribution in [0.25, 0.3) is 10.9 Å². The Kier molecular flexibility index (Phi) is 8.42. The van der Waals surface area contributed by atoms with Crippen molar-refractivity contribution in [3.63, 3.8) is 0 Å². The highest BCUT2D eigenvalue weighted by Crippen LogP contribution is 2.33. The van der Waals surface area contributed by atoms with Gasteiger partial charge in [0.1, 0.15) is 5.75 Å². The molecule has 1 aromatic heterocycles. The molecule has 9 nitrogen and oxygen atoms in total. The van der Waals surface area contributed by atoms with Gasteiger partial charge in [-0.1, -0.05) is 36.4 Å². The van der Waals surface area contributed by atoms with Gasteiger partial charge in [0.05, 0.1) is 24.4 Å². The molecule has 0 spiro atoms. The highest BCUT2D eigenvalue weighted by molar-refractivity contribution is 7.80. The van der Waals surface area contributed by atoms with Crippen molar-refractivity contribution in [3.05, 3.63) is 77.1 Å². The van der Waals surface area contributed by atoms with E-state index in [4.69, 9.17) is 21.7 Å². The van der Waals surface area contributed by atoms with E-state index in [-0.39, 0.29) is 19.3 Å². The number of rotatable bonds is 9. The average Bonchev–Trinajstić information content (AvgIpc) is 3.26. The molecule has 1 aliphatic heterocycles. The summed E-state index contributed by atoms with van der Waals surface area (Å²) >= 11 is 5.32. The van der Waals surface area contributed by atoms with Crippen molar-refractivity contribution in [1.29, 1.82) is 0 Å². The molecule has 1 aliphatic rings. The van der Waals surface area contributed by atoms with Gasteiger partial charge in [0.2, 0.25) is 0 Å². The first-order valence-corrected chi connectivity index (χ1v) is 12.8. The van der Waals surface area contributed by atoms with Gasteiger partial charge in [0.25, 0.3) is 5.91 Å². The number of carbonyl (C=O) groups excluding carboxylic acids is 2. The predicted octanol–water partition coefficient (Wildman–Crippen LogP) is 4.11. The topological polar surface area (TPSA) is 106 Å². The van der Waals surface area contributed by atoms with Crippen LogP contribution in [0, 0.1) is 0 Å².